The lowest BCUT2D eigenvalue weighted by atomic mass is 10.3. The highest BCUT2D eigenvalue weighted by molar-refractivity contribution is 6.37. The minimum absolute atomic E-state index is 0.242. The first-order chi connectivity index (χ1) is 10.0. The summed E-state index contributed by atoms with van der Waals surface area (Å²) < 4.78 is 13.0. The van der Waals surface area contributed by atoms with Gasteiger partial charge in [-0.25, -0.2) is 9.37 Å². The first-order valence-electron chi connectivity index (χ1n) is 6.33. The number of aromatic nitrogens is 1. The standard InChI is InChI=1S/C14H13Cl3FN3/c1-2-5-19-13-10(16)7-11(17)14(21-13)20-12-4-3-8(18)6-9(12)15/h3-4,6-7H,2,5H2,1H3,(H2,19,20,21). The van der Waals surface area contributed by atoms with E-state index in [2.05, 4.69) is 15.6 Å². The van der Waals surface area contributed by atoms with Crippen LogP contribution in [0.5, 0.6) is 0 Å². The van der Waals surface area contributed by atoms with E-state index in [1.54, 1.807) is 6.07 Å². The molecular weight excluding hydrogens is 336 g/mol. The number of nitrogens with one attached hydrogen (secondary N) is 2. The zero-order valence-corrected chi connectivity index (χ0v) is 13.5. The lowest BCUT2D eigenvalue weighted by Crippen LogP contribution is -2.05. The summed E-state index contributed by atoms with van der Waals surface area (Å²) in [6.45, 7) is 2.78. The second-order valence-corrected chi connectivity index (χ2v) is 5.55. The van der Waals surface area contributed by atoms with E-state index in [9.17, 15) is 4.39 Å². The van der Waals surface area contributed by atoms with Crippen molar-refractivity contribution in [2.45, 2.75) is 13.3 Å². The van der Waals surface area contributed by atoms with Crippen LogP contribution < -0.4 is 10.6 Å². The Morgan fingerprint density at radius 2 is 1.76 bits per heavy atom. The normalized spacial score (nSPS) is 10.5. The molecule has 2 aromatic rings. The van der Waals surface area contributed by atoms with Crippen LogP contribution in [0.1, 0.15) is 13.3 Å². The van der Waals surface area contributed by atoms with Crippen molar-refractivity contribution in [3.8, 4) is 0 Å². The van der Waals surface area contributed by atoms with E-state index in [-0.39, 0.29) is 5.02 Å². The Morgan fingerprint density at radius 3 is 2.43 bits per heavy atom. The third-order valence-corrected chi connectivity index (χ3v) is 3.55. The molecule has 1 aromatic carbocycles. The molecule has 1 aromatic heterocycles. The molecule has 0 amide bonds. The van der Waals surface area contributed by atoms with Crippen LogP contribution in [0.2, 0.25) is 15.1 Å². The lowest BCUT2D eigenvalue weighted by molar-refractivity contribution is 0.628. The van der Waals surface area contributed by atoms with E-state index in [1.807, 2.05) is 6.92 Å². The van der Waals surface area contributed by atoms with Crippen molar-refractivity contribution < 1.29 is 4.39 Å². The Labute approximate surface area is 137 Å². The van der Waals surface area contributed by atoms with Crippen LogP contribution in [-0.4, -0.2) is 11.5 Å². The van der Waals surface area contributed by atoms with E-state index in [0.29, 0.717) is 27.4 Å². The van der Waals surface area contributed by atoms with Crippen molar-refractivity contribution in [3.63, 3.8) is 0 Å². The number of benzene rings is 1. The van der Waals surface area contributed by atoms with Gasteiger partial charge in [0.25, 0.3) is 0 Å². The fraction of sp³-hybridized carbons (Fsp3) is 0.214. The van der Waals surface area contributed by atoms with E-state index in [0.717, 1.165) is 13.0 Å². The molecule has 2 N–H and O–H groups in total. The predicted octanol–water partition coefficient (Wildman–Crippen LogP) is 5.75. The molecule has 0 radical (unpaired) electrons. The maximum Gasteiger partial charge on any atom is 0.151 e. The topological polar surface area (TPSA) is 37.0 Å². The van der Waals surface area contributed by atoms with Gasteiger partial charge in [-0.15, -0.1) is 0 Å². The third kappa shape index (κ3) is 4.13. The summed E-state index contributed by atoms with van der Waals surface area (Å²) in [5.41, 5.74) is 0.510. The van der Waals surface area contributed by atoms with Crippen molar-refractivity contribution in [3.05, 3.63) is 45.2 Å². The van der Waals surface area contributed by atoms with Gasteiger partial charge in [0.1, 0.15) is 11.6 Å². The minimum Gasteiger partial charge on any atom is -0.369 e. The van der Waals surface area contributed by atoms with Gasteiger partial charge in [-0.2, -0.15) is 0 Å². The largest absolute Gasteiger partial charge is 0.369 e. The zero-order valence-electron chi connectivity index (χ0n) is 11.2. The SMILES string of the molecule is CCCNc1nc(Nc2ccc(F)cc2Cl)c(Cl)cc1Cl. The van der Waals surface area contributed by atoms with Gasteiger partial charge in [-0.3, -0.25) is 0 Å². The van der Waals surface area contributed by atoms with Crippen LogP contribution in [0.25, 0.3) is 0 Å². The van der Waals surface area contributed by atoms with Crippen LogP contribution in [0.3, 0.4) is 0 Å². The quantitative estimate of drug-likeness (QED) is 0.722. The highest BCUT2D eigenvalue weighted by atomic mass is 35.5. The molecule has 2 rings (SSSR count). The van der Waals surface area contributed by atoms with Crippen molar-refractivity contribution in [1.82, 2.24) is 4.98 Å². The summed E-state index contributed by atoms with van der Waals surface area (Å²) in [5, 5.41) is 7.10. The molecule has 0 saturated carbocycles. The van der Waals surface area contributed by atoms with Gasteiger partial charge in [0.2, 0.25) is 0 Å². The summed E-state index contributed by atoms with van der Waals surface area (Å²) in [4.78, 5) is 4.33. The Balaban J connectivity index is 2.30. The fourth-order valence-corrected chi connectivity index (χ4v) is 2.33. The van der Waals surface area contributed by atoms with Gasteiger partial charge in [0, 0.05) is 6.54 Å². The summed E-state index contributed by atoms with van der Waals surface area (Å²) in [7, 11) is 0. The van der Waals surface area contributed by atoms with E-state index in [1.165, 1.54) is 18.2 Å². The number of hydrogen-bond acceptors (Lipinski definition) is 3. The van der Waals surface area contributed by atoms with Gasteiger partial charge in [0.05, 0.1) is 20.8 Å². The predicted molar refractivity (Wildman–Crippen MR) is 87.7 cm³/mol. The van der Waals surface area contributed by atoms with Gasteiger partial charge >= 0.3 is 0 Å². The molecule has 0 bridgehead atoms. The molecule has 0 fully saturated rings. The maximum atomic E-state index is 13.0. The summed E-state index contributed by atoms with van der Waals surface area (Å²) >= 11 is 18.2. The Kier molecular flexibility index (Phi) is 5.51. The average Bonchev–Trinajstić information content (AvgIpc) is 2.43. The van der Waals surface area contributed by atoms with Gasteiger partial charge in [0.15, 0.2) is 5.82 Å². The molecule has 0 aliphatic heterocycles. The van der Waals surface area contributed by atoms with Crippen LogP contribution in [0, 0.1) is 5.82 Å². The number of nitrogens with zero attached hydrogens (tertiary/aromatic N) is 1. The molecule has 0 saturated heterocycles. The summed E-state index contributed by atoms with van der Waals surface area (Å²) in [6.07, 6.45) is 0.938. The van der Waals surface area contributed by atoms with Crippen molar-refractivity contribution >= 4 is 52.1 Å². The summed E-state index contributed by atoms with van der Waals surface area (Å²) in [6, 6.07) is 5.62. The molecule has 0 spiro atoms. The number of anilines is 3. The first kappa shape index (κ1) is 16.1. The van der Waals surface area contributed by atoms with E-state index >= 15 is 0 Å². The summed E-state index contributed by atoms with van der Waals surface area (Å²) in [5.74, 6) is 0.517. The molecule has 21 heavy (non-hydrogen) atoms. The van der Waals surface area contributed by atoms with E-state index in [4.69, 9.17) is 34.8 Å². The van der Waals surface area contributed by atoms with Crippen LogP contribution in [0.15, 0.2) is 24.3 Å². The second-order valence-electron chi connectivity index (χ2n) is 4.33. The van der Waals surface area contributed by atoms with Gasteiger partial charge in [-0.05, 0) is 30.7 Å². The highest BCUT2D eigenvalue weighted by Crippen LogP contribution is 2.33. The monoisotopic (exact) mass is 347 g/mol. The zero-order chi connectivity index (χ0) is 15.4. The molecular formula is C14H13Cl3FN3. The average molecular weight is 349 g/mol. The molecule has 0 unspecified atom stereocenters. The lowest BCUT2D eigenvalue weighted by Gasteiger charge is -2.13. The Bertz CT molecular complexity index is 650. The number of halogens is 4. The van der Waals surface area contributed by atoms with Gasteiger partial charge < -0.3 is 10.6 Å². The number of hydrogen-bond donors (Lipinski definition) is 2. The Morgan fingerprint density at radius 1 is 1.05 bits per heavy atom. The van der Waals surface area contributed by atoms with Crippen LogP contribution in [-0.2, 0) is 0 Å². The maximum absolute atomic E-state index is 13.0. The minimum atomic E-state index is -0.411. The molecule has 3 nitrogen and oxygen atoms in total. The molecule has 0 atom stereocenters. The molecule has 0 aliphatic carbocycles. The van der Waals surface area contributed by atoms with E-state index < -0.39 is 5.82 Å². The number of pyridine rings is 1. The smallest absolute Gasteiger partial charge is 0.151 e. The molecule has 0 aliphatic rings. The Hall–Kier alpha value is -1.23. The molecule has 1 heterocycles. The van der Waals surface area contributed by atoms with Crippen molar-refractivity contribution in [2.75, 3.05) is 17.2 Å². The molecule has 112 valence electrons. The van der Waals surface area contributed by atoms with Crippen LogP contribution >= 0.6 is 34.8 Å². The van der Waals surface area contributed by atoms with Crippen molar-refractivity contribution in [1.29, 1.82) is 0 Å². The third-order valence-electron chi connectivity index (χ3n) is 2.66. The molecule has 7 heteroatoms. The van der Waals surface area contributed by atoms with Crippen LogP contribution in [0.4, 0.5) is 21.7 Å². The fourth-order valence-electron chi connectivity index (χ4n) is 1.64. The number of rotatable bonds is 5. The second kappa shape index (κ2) is 7.16. The van der Waals surface area contributed by atoms with Crippen molar-refractivity contribution in [2.24, 2.45) is 0 Å². The highest BCUT2D eigenvalue weighted by Gasteiger charge is 2.11. The van der Waals surface area contributed by atoms with Gasteiger partial charge in [-0.1, -0.05) is 41.7 Å². The first-order valence-corrected chi connectivity index (χ1v) is 7.46.